The van der Waals surface area contributed by atoms with E-state index in [1.165, 1.54) is 11.6 Å². The van der Waals surface area contributed by atoms with Crippen LogP contribution in [-0.4, -0.2) is 26.7 Å². The Balaban J connectivity index is 2.55. The van der Waals surface area contributed by atoms with Crippen LogP contribution >= 0.6 is 0 Å². The molecule has 1 aromatic carbocycles. The Morgan fingerprint density at radius 3 is 2.48 bits per heavy atom. The van der Waals surface area contributed by atoms with Gasteiger partial charge in [-0.1, -0.05) is 29.9 Å². The summed E-state index contributed by atoms with van der Waals surface area (Å²) in [7, 11) is 3.18. The SMILES string of the molecule is C/C=C\C(=C/C)CCNC(=O)/C=C/c1ccc(OC)c(OC)c1. The fourth-order valence-corrected chi connectivity index (χ4v) is 2.06. The lowest BCUT2D eigenvalue weighted by Gasteiger charge is -2.07. The zero-order valence-corrected chi connectivity index (χ0v) is 14.3. The number of carbonyl (C=O) groups is 1. The maximum atomic E-state index is 11.8. The molecule has 0 aliphatic rings. The average Bonchev–Trinajstić information content (AvgIpc) is 2.58. The Bertz CT molecular complexity index is 601. The van der Waals surface area contributed by atoms with Crippen LogP contribution < -0.4 is 14.8 Å². The number of hydrogen-bond donors (Lipinski definition) is 1. The Morgan fingerprint density at radius 2 is 1.87 bits per heavy atom. The van der Waals surface area contributed by atoms with Crippen molar-refractivity contribution in [2.75, 3.05) is 20.8 Å². The first-order valence-corrected chi connectivity index (χ1v) is 7.60. The van der Waals surface area contributed by atoms with Gasteiger partial charge in [0.25, 0.3) is 0 Å². The maximum Gasteiger partial charge on any atom is 0.244 e. The zero-order chi connectivity index (χ0) is 17.1. The molecule has 0 saturated carbocycles. The van der Waals surface area contributed by atoms with Gasteiger partial charge in [0.1, 0.15) is 0 Å². The molecule has 0 aliphatic carbocycles. The quantitative estimate of drug-likeness (QED) is 0.587. The number of carbonyl (C=O) groups excluding carboxylic acids is 1. The predicted molar refractivity (Wildman–Crippen MR) is 94.8 cm³/mol. The summed E-state index contributed by atoms with van der Waals surface area (Å²) < 4.78 is 10.4. The maximum absolute atomic E-state index is 11.8. The van der Waals surface area contributed by atoms with Gasteiger partial charge >= 0.3 is 0 Å². The zero-order valence-electron chi connectivity index (χ0n) is 14.3. The van der Waals surface area contributed by atoms with Gasteiger partial charge in [0, 0.05) is 12.6 Å². The molecule has 0 aromatic heterocycles. The summed E-state index contributed by atoms with van der Waals surface area (Å²) in [6.45, 7) is 4.58. The topological polar surface area (TPSA) is 47.6 Å². The minimum atomic E-state index is -0.115. The molecule has 0 aliphatic heterocycles. The Morgan fingerprint density at radius 1 is 1.13 bits per heavy atom. The largest absolute Gasteiger partial charge is 0.493 e. The van der Waals surface area contributed by atoms with Gasteiger partial charge in [-0.3, -0.25) is 4.79 Å². The third-order valence-electron chi connectivity index (χ3n) is 3.30. The van der Waals surface area contributed by atoms with E-state index in [4.69, 9.17) is 9.47 Å². The summed E-state index contributed by atoms with van der Waals surface area (Å²) in [6.07, 6.45) is 10.2. The molecular formula is C19H25NO3. The number of rotatable bonds is 8. The molecule has 0 radical (unpaired) electrons. The first kappa shape index (κ1) is 18.6. The highest BCUT2D eigenvalue weighted by molar-refractivity contribution is 5.91. The standard InChI is InChI=1S/C19H25NO3/c1-5-7-15(6-2)12-13-20-19(21)11-9-16-8-10-17(22-3)18(14-16)23-4/h5-11,14H,12-13H2,1-4H3,(H,20,21)/b7-5-,11-9+,15-6+. The highest BCUT2D eigenvalue weighted by atomic mass is 16.5. The first-order chi connectivity index (χ1) is 11.1. The van der Waals surface area contributed by atoms with Crippen LogP contribution in [-0.2, 0) is 4.79 Å². The van der Waals surface area contributed by atoms with Gasteiger partial charge in [0.2, 0.25) is 5.91 Å². The van der Waals surface area contributed by atoms with E-state index in [1.807, 2.05) is 50.3 Å². The molecule has 1 amide bonds. The fourth-order valence-electron chi connectivity index (χ4n) is 2.06. The van der Waals surface area contributed by atoms with E-state index >= 15 is 0 Å². The molecule has 4 heteroatoms. The average molecular weight is 315 g/mol. The van der Waals surface area contributed by atoms with Gasteiger partial charge in [-0.15, -0.1) is 0 Å². The third-order valence-corrected chi connectivity index (χ3v) is 3.30. The van der Waals surface area contributed by atoms with Crippen LogP contribution in [0, 0.1) is 0 Å². The summed E-state index contributed by atoms with van der Waals surface area (Å²) in [5.74, 6) is 1.19. The minimum absolute atomic E-state index is 0.115. The van der Waals surface area contributed by atoms with Gasteiger partial charge in [0.05, 0.1) is 14.2 Å². The first-order valence-electron chi connectivity index (χ1n) is 7.60. The molecule has 0 spiro atoms. The van der Waals surface area contributed by atoms with E-state index in [-0.39, 0.29) is 5.91 Å². The van der Waals surface area contributed by atoms with Crippen molar-refractivity contribution in [3.63, 3.8) is 0 Å². The van der Waals surface area contributed by atoms with Gasteiger partial charge < -0.3 is 14.8 Å². The molecule has 0 atom stereocenters. The van der Waals surface area contributed by atoms with Crippen LogP contribution in [0.25, 0.3) is 6.08 Å². The number of nitrogens with one attached hydrogen (secondary N) is 1. The van der Waals surface area contributed by atoms with E-state index in [1.54, 1.807) is 20.3 Å². The number of methoxy groups -OCH3 is 2. The van der Waals surface area contributed by atoms with Crippen LogP contribution in [0.5, 0.6) is 11.5 Å². The van der Waals surface area contributed by atoms with Crippen molar-refractivity contribution >= 4 is 12.0 Å². The molecule has 1 N–H and O–H groups in total. The molecule has 0 bridgehead atoms. The van der Waals surface area contributed by atoms with Gasteiger partial charge in [-0.05, 0) is 44.0 Å². The van der Waals surface area contributed by atoms with E-state index in [9.17, 15) is 4.79 Å². The second-order valence-corrected chi connectivity index (χ2v) is 4.85. The van der Waals surface area contributed by atoms with Crippen molar-refractivity contribution < 1.29 is 14.3 Å². The lowest BCUT2D eigenvalue weighted by molar-refractivity contribution is -0.116. The van der Waals surface area contributed by atoms with Crippen LogP contribution in [0.4, 0.5) is 0 Å². The molecule has 1 aromatic rings. The highest BCUT2D eigenvalue weighted by Crippen LogP contribution is 2.27. The molecular weight excluding hydrogens is 290 g/mol. The molecule has 1 rings (SSSR count). The molecule has 4 nitrogen and oxygen atoms in total. The van der Waals surface area contributed by atoms with Crippen molar-refractivity contribution in [1.29, 1.82) is 0 Å². The number of allylic oxidation sites excluding steroid dienone is 3. The molecule has 0 fully saturated rings. The molecule has 23 heavy (non-hydrogen) atoms. The highest BCUT2D eigenvalue weighted by Gasteiger charge is 2.03. The van der Waals surface area contributed by atoms with Crippen molar-refractivity contribution in [3.05, 3.63) is 53.6 Å². The summed E-state index contributed by atoms with van der Waals surface area (Å²) in [6, 6.07) is 5.51. The van der Waals surface area contributed by atoms with Crippen molar-refractivity contribution in [3.8, 4) is 11.5 Å². The van der Waals surface area contributed by atoms with Crippen molar-refractivity contribution in [2.45, 2.75) is 20.3 Å². The Labute approximate surface area is 138 Å². The Hall–Kier alpha value is -2.49. The summed E-state index contributed by atoms with van der Waals surface area (Å²) in [5, 5.41) is 2.87. The van der Waals surface area contributed by atoms with Gasteiger partial charge in [-0.2, -0.15) is 0 Å². The minimum Gasteiger partial charge on any atom is -0.493 e. The van der Waals surface area contributed by atoms with E-state index in [2.05, 4.69) is 5.32 Å². The molecule has 0 heterocycles. The lowest BCUT2D eigenvalue weighted by atomic mass is 10.1. The van der Waals surface area contributed by atoms with Gasteiger partial charge in [0.15, 0.2) is 11.5 Å². The smallest absolute Gasteiger partial charge is 0.244 e. The van der Waals surface area contributed by atoms with Crippen molar-refractivity contribution in [1.82, 2.24) is 5.32 Å². The summed E-state index contributed by atoms with van der Waals surface area (Å²) >= 11 is 0. The number of benzene rings is 1. The molecule has 0 unspecified atom stereocenters. The lowest BCUT2D eigenvalue weighted by Crippen LogP contribution is -2.22. The van der Waals surface area contributed by atoms with Crippen LogP contribution in [0.15, 0.2) is 48.1 Å². The monoisotopic (exact) mass is 315 g/mol. The second kappa shape index (κ2) is 10.3. The predicted octanol–water partition coefficient (Wildman–Crippen LogP) is 3.75. The van der Waals surface area contributed by atoms with Crippen LogP contribution in [0.2, 0.25) is 0 Å². The van der Waals surface area contributed by atoms with Gasteiger partial charge in [-0.25, -0.2) is 0 Å². The summed E-state index contributed by atoms with van der Waals surface area (Å²) in [4.78, 5) is 11.8. The van der Waals surface area contributed by atoms with Crippen LogP contribution in [0.1, 0.15) is 25.8 Å². The fraction of sp³-hybridized carbons (Fsp3) is 0.316. The van der Waals surface area contributed by atoms with E-state index in [0.29, 0.717) is 18.0 Å². The summed E-state index contributed by atoms with van der Waals surface area (Å²) in [5.41, 5.74) is 2.08. The molecule has 124 valence electrons. The third kappa shape index (κ3) is 6.43. The normalized spacial score (nSPS) is 11.9. The number of amides is 1. The Kier molecular flexibility index (Phi) is 8.29. The van der Waals surface area contributed by atoms with E-state index < -0.39 is 0 Å². The number of hydrogen-bond acceptors (Lipinski definition) is 3. The van der Waals surface area contributed by atoms with E-state index in [0.717, 1.165) is 12.0 Å². The second-order valence-electron chi connectivity index (χ2n) is 4.85. The molecule has 0 saturated heterocycles. The van der Waals surface area contributed by atoms with Crippen LogP contribution in [0.3, 0.4) is 0 Å². The number of ether oxygens (including phenoxy) is 2. The van der Waals surface area contributed by atoms with Crippen molar-refractivity contribution in [2.24, 2.45) is 0 Å².